The molecule has 0 aliphatic rings. The lowest BCUT2D eigenvalue weighted by Gasteiger charge is -2.09. The minimum atomic E-state index is -0.350. The van der Waals surface area contributed by atoms with E-state index in [-0.39, 0.29) is 11.6 Å². The van der Waals surface area contributed by atoms with E-state index in [1.807, 2.05) is 25.1 Å². The number of methoxy groups -OCH3 is 1. The molecule has 0 saturated heterocycles. The number of rotatable bonds is 6. The van der Waals surface area contributed by atoms with E-state index in [2.05, 4.69) is 26.7 Å². The number of amides is 1. The topological polar surface area (TPSA) is 76.1 Å². The normalized spacial score (nSPS) is 10.3. The van der Waals surface area contributed by atoms with Crippen molar-refractivity contribution in [3.63, 3.8) is 0 Å². The summed E-state index contributed by atoms with van der Waals surface area (Å²) in [5.74, 6) is 0.765. The first-order chi connectivity index (χ1) is 13.0. The van der Waals surface area contributed by atoms with Gasteiger partial charge in [0.05, 0.1) is 12.1 Å². The Balaban J connectivity index is 1.67. The Labute approximate surface area is 162 Å². The molecular weight excluding hydrogens is 364 g/mol. The molecule has 1 amide bonds. The second-order valence-corrected chi connectivity index (χ2v) is 6.34. The van der Waals surface area contributed by atoms with Crippen molar-refractivity contribution in [1.82, 2.24) is 9.97 Å². The maximum Gasteiger partial charge on any atom is 0.274 e. The smallest absolute Gasteiger partial charge is 0.274 e. The maximum atomic E-state index is 12.4. The summed E-state index contributed by atoms with van der Waals surface area (Å²) < 4.78 is 5.10. The van der Waals surface area contributed by atoms with Gasteiger partial charge < -0.3 is 15.4 Å². The van der Waals surface area contributed by atoms with Crippen molar-refractivity contribution in [3.05, 3.63) is 76.7 Å². The van der Waals surface area contributed by atoms with Gasteiger partial charge in [0.25, 0.3) is 5.91 Å². The number of anilines is 2. The van der Waals surface area contributed by atoms with Crippen LogP contribution >= 0.6 is 11.6 Å². The Morgan fingerprint density at radius 3 is 2.74 bits per heavy atom. The van der Waals surface area contributed by atoms with E-state index in [1.54, 1.807) is 24.3 Å². The molecule has 0 aliphatic heterocycles. The number of carbonyl (C=O) groups excluding carboxylic acids is 1. The van der Waals surface area contributed by atoms with Crippen molar-refractivity contribution in [3.8, 4) is 5.75 Å². The molecule has 1 aromatic heterocycles. The molecule has 0 fully saturated rings. The molecule has 1 heterocycles. The third-order valence-corrected chi connectivity index (χ3v) is 4.16. The van der Waals surface area contributed by atoms with Crippen molar-refractivity contribution in [1.29, 1.82) is 0 Å². The second-order valence-electron chi connectivity index (χ2n) is 5.93. The van der Waals surface area contributed by atoms with Gasteiger partial charge in [0.15, 0.2) is 0 Å². The fourth-order valence-electron chi connectivity index (χ4n) is 2.53. The van der Waals surface area contributed by atoms with E-state index < -0.39 is 0 Å². The molecule has 0 unspecified atom stereocenters. The lowest BCUT2D eigenvalue weighted by atomic mass is 10.1. The molecule has 7 heteroatoms. The maximum absolute atomic E-state index is 12.4. The Hall–Kier alpha value is -3.12. The average Bonchev–Trinajstić information content (AvgIpc) is 2.67. The minimum Gasteiger partial charge on any atom is -0.495 e. The fourth-order valence-corrected chi connectivity index (χ4v) is 2.79. The predicted molar refractivity (Wildman–Crippen MR) is 106 cm³/mol. The second kappa shape index (κ2) is 8.51. The first kappa shape index (κ1) is 18.7. The summed E-state index contributed by atoms with van der Waals surface area (Å²) >= 11 is 6.08. The van der Waals surface area contributed by atoms with Crippen molar-refractivity contribution in [2.45, 2.75) is 13.5 Å². The highest BCUT2D eigenvalue weighted by molar-refractivity contribution is 6.32. The van der Waals surface area contributed by atoms with Crippen LogP contribution < -0.4 is 15.4 Å². The van der Waals surface area contributed by atoms with Gasteiger partial charge in [0, 0.05) is 18.3 Å². The number of aryl methyl sites for hydroxylation is 1. The van der Waals surface area contributed by atoms with Crippen LogP contribution in [-0.2, 0) is 6.54 Å². The van der Waals surface area contributed by atoms with Crippen LogP contribution in [0.1, 0.15) is 21.6 Å². The van der Waals surface area contributed by atoms with Crippen LogP contribution in [0.15, 0.2) is 54.9 Å². The van der Waals surface area contributed by atoms with Gasteiger partial charge in [-0.25, -0.2) is 9.97 Å². The van der Waals surface area contributed by atoms with Gasteiger partial charge >= 0.3 is 0 Å². The Kier molecular flexibility index (Phi) is 5.88. The zero-order valence-electron chi connectivity index (χ0n) is 15.0. The van der Waals surface area contributed by atoms with E-state index in [1.165, 1.54) is 19.0 Å². The predicted octanol–water partition coefficient (Wildman–Crippen LogP) is 4.31. The van der Waals surface area contributed by atoms with E-state index in [0.717, 1.165) is 5.56 Å². The summed E-state index contributed by atoms with van der Waals surface area (Å²) in [6, 6.07) is 14.8. The van der Waals surface area contributed by atoms with Crippen LogP contribution in [0.5, 0.6) is 5.75 Å². The van der Waals surface area contributed by atoms with Crippen molar-refractivity contribution >= 4 is 29.0 Å². The molecule has 2 N–H and O–H groups in total. The molecule has 0 aliphatic carbocycles. The zero-order valence-corrected chi connectivity index (χ0v) is 15.7. The van der Waals surface area contributed by atoms with Crippen molar-refractivity contribution in [2.24, 2.45) is 0 Å². The summed E-state index contributed by atoms with van der Waals surface area (Å²) in [4.78, 5) is 20.7. The molecule has 0 saturated carbocycles. The lowest BCUT2D eigenvalue weighted by Crippen LogP contribution is -2.14. The van der Waals surface area contributed by atoms with E-state index >= 15 is 0 Å². The number of hydrogen-bond donors (Lipinski definition) is 2. The number of benzene rings is 2. The molecule has 27 heavy (non-hydrogen) atoms. The highest BCUT2D eigenvalue weighted by Gasteiger charge is 2.11. The highest BCUT2D eigenvalue weighted by Crippen LogP contribution is 2.27. The number of carbonyl (C=O) groups is 1. The van der Waals surface area contributed by atoms with Gasteiger partial charge in [-0.1, -0.05) is 41.4 Å². The Morgan fingerprint density at radius 1 is 1.15 bits per heavy atom. The molecule has 138 valence electrons. The first-order valence-corrected chi connectivity index (χ1v) is 8.69. The van der Waals surface area contributed by atoms with E-state index in [0.29, 0.717) is 28.8 Å². The number of nitrogens with zero attached hydrogens (tertiary/aromatic N) is 2. The summed E-state index contributed by atoms with van der Waals surface area (Å²) in [6.07, 6.45) is 1.36. The monoisotopic (exact) mass is 382 g/mol. The summed E-state index contributed by atoms with van der Waals surface area (Å²) in [5.41, 5.74) is 3.13. The largest absolute Gasteiger partial charge is 0.495 e. The molecule has 2 aromatic carbocycles. The van der Waals surface area contributed by atoms with Gasteiger partial charge in [-0.3, -0.25) is 4.79 Å². The Bertz CT molecular complexity index is 962. The van der Waals surface area contributed by atoms with Gasteiger partial charge in [-0.05, 0) is 30.7 Å². The molecule has 0 bridgehead atoms. The van der Waals surface area contributed by atoms with Crippen LogP contribution in [0, 0.1) is 6.92 Å². The van der Waals surface area contributed by atoms with E-state index in [9.17, 15) is 4.79 Å². The molecule has 3 rings (SSSR count). The van der Waals surface area contributed by atoms with Crippen LogP contribution in [-0.4, -0.2) is 23.0 Å². The molecule has 0 atom stereocenters. The lowest BCUT2D eigenvalue weighted by molar-refractivity contribution is 0.102. The molecular formula is C20H19ClN4O2. The van der Waals surface area contributed by atoms with Gasteiger partial charge in [-0.2, -0.15) is 0 Å². The van der Waals surface area contributed by atoms with Gasteiger partial charge in [-0.15, -0.1) is 0 Å². The van der Waals surface area contributed by atoms with Crippen molar-refractivity contribution in [2.75, 3.05) is 17.7 Å². The third kappa shape index (κ3) is 4.95. The number of hydrogen-bond acceptors (Lipinski definition) is 5. The van der Waals surface area contributed by atoms with Crippen molar-refractivity contribution < 1.29 is 9.53 Å². The number of nitrogens with one attached hydrogen (secondary N) is 2. The van der Waals surface area contributed by atoms with Crippen LogP contribution in [0.3, 0.4) is 0 Å². The molecule has 0 spiro atoms. The average molecular weight is 383 g/mol. The van der Waals surface area contributed by atoms with Crippen LogP contribution in [0.2, 0.25) is 5.02 Å². The number of aromatic nitrogens is 2. The summed E-state index contributed by atoms with van der Waals surface area (Å²) in [7, 11) is 1.53. The van der Waals surface area contributed by atoms with Crippen LogP contribution in [0.25, 0.3) is 0 Å². The Morgan fingerprint density at radius 2 is 2.00 bits per heavy atom. The zero-order chi connectivity index (χ0) is 19.2. The number of ether oxygens (including phenoxy) is 1. The standard InChI is InChI=1S/C20H19ClN4O2/c1-13-4-3-5-14(8-13)11-22-19-10-17(23-12-24-19)20(26)25-15-6-7-18(27-2)16(21)9-15/h3-10,12H,11H2,1-2H3,(H,25,26)(H,22,23,24). The summed E-state index contributed by atoms with van der Waals surface area (Å²) in [5, 5.41) is 6.38. The third-order valence-electron chi connectivity index (χ3n) is 3.87. The molecule has 0 radical (unpaired) electrons. The molecule has 6 nitrogen and oxygen atoms in total. The van der Waals surface area contributed by atoms with Crippen LogP contribution in [0.4, 0.5) is 11.5 Å². The highest BCUT2D eigenvalue weighted by atomic mass is 35.5. The number of halogens is 1. The fraction of sp³-hybridized carbons (Fsp3) is 0.150. The van der Waals surface area contributed by atoms with Gasteiger partial charge in [0.2, 0.25) is 0 Å². The quantitative estimate of drug-likeness (QED) is 0.664. The summed E-state index contributed by atoms with van der Waals surface area (Å²) in [6.45, 7) is 2.65. The molecule has 3 aromatic rings. The van der Waals surface area contributed by atoms with Gasteiger partial charge in [0.1, 0.15) is 23.6 Å². The minimum absolute atomic E-state index is 0.253. The SMILES string of the molecule is COc1ccc(NC(=O)c2cc(NCc3cccc(C)c3)ncn2)cc1Cl. The van der Waals surface area contributed by atoms with E-state index in [4.69, 9.17) is 16.3 Å². The first-order valence-electron chi connectivity index (χ1n) is 8.31.